The molecule has 2 unspecified atom stereocenters. The number of carbonyl (C=O) groups excluding carboxylic acids is 1. The van der Waals surface area contributed by atoms with E-state index in [0.717, 1.165) is 32.6 Å². The van der Waals surface area contributed by atoms with E-state index in [4.69, 9.17) is 4.74 Å². The molecule has 78 valence electrons. The molecule has 14 heavy (non-hydrogen) atoms. The molecule has 0 bridgehead atoms. The van der Waals surface area contributed by atoms with Gasteiger partial charge in [-0.05, 0) is 25.3 Å². The molecule has 2 saturated heterocycles. The SMILES string of the molecule is C=CC(=O)N1CCCC2COCCC21. The van der Waals surface area contributed by atoms with Gasteiger partial charge in [0.05, 0.1) is 6.61 Å². The summed E-state index contributed by atoms with van der Waals surface area (Å²) in [7, 11) is 0. The number of hydrogen-bond donors (Lipinski definition) is 0. The van der Waals surface area contributed by atoms with Gasteiger partial charge >= 0.3 is 0 Å². The number of fused-ring (bicyclic) bond motifs is 1. The highest BCUT2D eigenvalue weighted by molar-refractivity contribution is 5.87. The molecule has 1 amide bonds. The van der Waals surface area contributed by atoms with Gasteiger partial charge in [-0.3, -0.25) is 4.79 Å². The maximum Gasteiger partial charge on any atom is 0.246 e. The van der Waals surface area contributed by atoms with Gasteiger partial charge in [-0.25, -0.2) is 0 Å². The van der Waals surface area contributed by atoms with Crippen LogP contribution in [0.25, 0.3) is 0 Å². The smallest absolute Gasteiger partial charge is 0.246 e. The Morgan fingerprint density at radius 2 is 2.36 bits per heavy atom. The van der Waals surface area contributed by atoms with Gasteiger partial charge in [0.2, 0.25) is 5.91 Å². The van der Waals surface area contributed by atoms with Gasteiger partial charge in [0.25, 0.3) is 0 Å². The van der Waals surface area contributed by atoms with E-state index < -0.39 is 0 Å². The van der Waals surface area contributed by atoms with E-state index in [2.05, 4.69) is 6.58 Å². The molecule has 2 heterocycles. The Morgan fingerprint density at radius 3 is 3.14 bits per heavy atom. The number of amides is 1. The van der Waals surface area contributed by atoms with Crippen molar-refractivity contribution in [2.45, 2.75) is 25.3 Å². The molecule has 0 saturated carbocycles. The predicted molar refractivity (Wildman–Crippen MR) is 53.9 cm³/mol. The number of ether oxygens (including phenoxy) is 1. The standard InChI is InChI=1S/C11H17NO2/c1-2-11(13)12-6-3-4-9-8-14-7-5-10(9)12/h2,9-10H,1,3-8H2. The summed E-state index contributed by atoms with van der Waals surface area (Å²) in [6, 6.07) is 0.406. The minimum atomic E-state index is 0.0848. The van der Waals surface area contributed by atoms with Crippen LogP contribution < -0.4 is 0 Å². The maximum absolute atomic E-state index is 11.6. The number of nitrogens with zero attached hydrogens (tertiary/aromatic N) is 1. The molecule has 2 rings (SSSR count). The third-order valence-corrected chi connectivity index (χ3v) is 3.27. The van der Waals surface area contributed by atoms with Crippen molar-refractivity contribution < 1.29 is 9.53 Å². The van der Waals surface area contributed by atoms with Crippen molar-refractivity contribution in [1.29, 1.82) is 0 Å². The monoisotopic (exact) mass is 195 g/mol. The van der Waals surface area contributed by atoms with E-state index in [1.807, 2.05) is 4.90 Å². The molecule has 0 aliphatic carbocycles. The third kappa shape index (κ3) is 1.69. The molecule has 0 aromatic carbocycles. The van der Waals surface area contributed by atoms with Crippen LogP contribution in [0.15, 0.2) is 12.7 Å². The number of rotatable bonds is 1. The van der Waals surface area contributed by atoms with Gasteiger partial charge < -0.3 is 9.64 Å². The lowest BCUT2D eigenvalue weighted by atomic mass is 9.86. The summed E-state index contributed by atoms with van der Waals surface area (Å²) in [6.07, 6.45) is 4.72. The second kappa shape index (κ2) is 4.13. The van der Waals surface area contributed by atoms with E-state index >= 15 is 0 Å². The fourth-order valence-electron chi connectivity index (χ4n) is 2.55. The summed E-state index contributed by atoms with van der Waals surface area (Å²) in [6.45, 7) is 6.06. The fourth-order valence-corrected chi connectivity index (χ4v) is 2.55. The lowest BCUT2D eigenvalue weighted by molar-refractivity contribution is -0.135. The Hall–Kier alpha value is -0.830. The van der Waals surface area contributed by atoms with Crippen LogP contribution >= 0.6 is 0 Å². The van der Waals surface area contributed by atoms with Crippen molar-refractivity contribution >= 4 is 5.91 Å². The Morgan fingerprint density at radius 1 is 1.50 bits per heavy atom. The van der Waals surface area contributed by atoms with Crippen LogP contribution in [-0.4, -0.2) is 36.6 Å². The Balaban J connectivity index is 2.08. The van der Waals surface area contributed by atoms with E-state index in [-0.39, 0.29) is 5.91 Å². The van der Waals surface area contributed by atoms with Gasteiger partial charge in [0.15, 0.2) is 0 Å². The molecular formula is C11H17NO2. The topological polar surface area (TPSA) is 29.5 Å². The van der Waals surface area contributed by atoms with Gasteiger partial charge in [-0.15, -0.1) is 0 Å². The fraction of sp³-hybridized carbons (Fsp3) is 0.727. The normalized spacial score (nSPS) is 32.1. The number of hydrogen-bond acceptors (Lipinski definition) is 2. The molecule has 2 fully saturated rings. The molecule has 0 spiro atoms. The summed E-state index contributed by atoms with van der Waals surface area (Å²) in [5.41, 5.74) is 0. The zero-order valence-electron chi connectivity index (χ0n) is 8.45. The van der Waals surface area contributed by atoms with Crippen molar-refractivity contribution in [2.24, 2.45) is 5.92 Å². The average Bonchev–Trinajstić information content (AvgIpc) is 2.27. The van der Waals surface area contributed by atoms with Gasteiger partial charge in [-0.1, -0.05) is 6.58 Å². The van der Waals surface area contributed by atoms with Crippen LogP contribution in [0.5, 0.6) is 0 Å². The quantitative estimate of drug-likeness (QED) is 0.588. The van der Waals surface area contributed by atoms with E-state index in [0.29, 0.717) is 12.0 Å². The van der Waals surface area contributed by atoms with Crippen molar-refractivity contribution in [3.63, 3.8) is 0 Å². The van der Waals surface area contributed by atoms with E-state index in [1.165, 1.54) is 12.5 Å². The Labute approximate surface area is 84.7 Å². The molecule has 0 N–H and O–H groups in total. The number of carbonyl (C=O) groups is 1. The zero-order valence-corrected chi connectivity index (χ0v) is 8.45. The molecular weight excluding hydrogens is 178 g/mol. The number of piperidine rings is 1. The lowest BCUT2D eigenvalue weighted by Gasteiger charge is -2.43. The molecule has 2 aliphatic rings. The highest BCUT2D eigenvalue weighted by atomic mass is 16.5. The van der Waals surface area contributed by atoms with Crippen molar-refractivity contribution in [3.8, 4) is 0 Å². The van der Waals surface area contributed by atoms with Gasteiger partial charge in [0.1, 0.15) is 0 Å². The molecule has 0 aromatic heterocycles. The van der Waals surface area contributed by atoms with Gasteiger partial charge in [0, 0.05) is 25.1 Å². The third-order valence-electron chi connectivity index (χ3n) is 3.27. The Kier molecular flexibility index (Phi) is 2.87. The van der Waals surface area contributed by atoms with Gasteiger partial charge in [-0.2, -0.15) is 0 Å². The largest absolute Gasteiger partial charge is 0.381 e. The molecule has 2 aliphatic heterocycles. The minimum Gasteiger partial charge on any atom is -0.381 e. The summed E-state index contributed by atoms with van der Waals surface area (Å²) in [4.78, 5) is 13.6. The van der Waals surface area contributed by atoms with E-state index in [1.54, 1.807) is 0 Å². The summed E-state index contributed by atoms with van der Waals surface area (Å²) >= 11 is 0. The first-order valence-electron chi connectivity index (χ1n) is 5.33. The molecule has 0 radical (unpaired) electrons. The second-order valence-electron chi connectivity index (χ2n) is 4.07. The first kappa shape index (κ1) is 9.71. The Bertz CT molecular complexity index is 237. The van der Waals surface area contributed by atoms with Crippen molar-refractivity contribution in [3.05, 3.63) is 12.7 Å². The second-order valence-corrected chi connectivity index (χ2v) is 4.07. The van der Waals surface area contributed by atoms with Crippen molar-refractivity contribution in [2.75, 3.05) is 19.8 Å². The van der Waals surface area contributed by atoms with Crippen LogP contribution in [0.4, 0.5) is 0 Å². The average molecular weight is 195 g/mol. The summed E-state index contributed by atoms with van der Waals surface area (Å²) in [5, 5.41) is 0. The van der Waals surface area contributed by atoms with Crippen LogP contribution in [0.2, 0.25) is 0 Å². The number of likely N-dealkylation sites (tertiary alicyclic amines) is 1. The van der Waals surface area contributed by atoms with Crippen LogP contribution in [0.3, 0.4) is 0 Å². The first-order chi connectivity index (χ1) is 6.83. The van der Waals surface area contributed by atoms with Crippen LogP contribution in [0.1, 0.15) is 19.3 Å². The first-order valence-corrected chi connectivity index (χ1v) is 5.33. The minimum absolute atomic E-state index is 0.0848. The van der Waals surface area contributed by atoms with Crippen LogP contribution in [-0.2, 0) is 9.53 Å². The zero-order chi connectivity index (χ0) is 9.97. The molecule has 0 aromatic rings. The van der Waals surface area contributed by atoms with Crippen LogP contribution in [0, 0.1) is 5.92 Å². The lowest BCUT2D eigenvalue weighted by Crippen LogP contribution is -2.51. The highest BCUT2D eigenvalue weighted by Crippen LogP contribution is 2.29. The molecule has 2 atom stereocenters. The van der Waals surface area contributed by atoms with Crippen molar-refractivity contribution in [1.82, 2.24) is 4.90 Å². The molecule has 3 heteroatoms. The maximum atomic E-state index is 11.6. The predicted octanol–water partition coefficient (Wildman–Crippen LogP) is 1.20. The highest BCUT2D eigenvalue weighted by Gasteiger charge is 2.35. The summed E-state index contributed by atoms with van der Waals surface area (Å²) in [5.74, 6) is 0.642. The molecule has 3 nitrogen and oxygen atoms in total. The van der Waals surface area contributed by atoms with E-state index in [9.17, 15) is 4.79 Å². The summed E-state index contributed by atoms with van der Waals surface area (Å²) < 4.78 is 5.44.